The first kappa shape index (κ1) is 64.6. The van der Waals surface area contributed by atoms with Gasteiger partial charge in [-0.3, -0.25) is 28.0 Å². The summed E-state index contributed by atoms with van der Waals surface area (Å²) in [7, 11) is -10.8. The van der Waals surface area contributed by atoms with Gasteiger partial charge in [-0.05, 0) is 89.5 Å². The fraction of sp³-hybridized carbons (Fsp3) is 0.627. The van der Waals surface area contributed by atoms with Crippen molar-refractivity contribution in [2.24, 2.45) is 0 Å². The van der Waals surface area contributed by atoms with Crippen LogP contribution >= 0.6 is 15.6 Å². The second-order valence-corrected chi connectivity index (χ2v) is 19.5. The number of phosphoric ester groups is 2. The molecule has 0 spiro atoms. The number of esters is 2. The fourth-order valence-electron chi connectivity index (χ4n) is 6.73. The van der Waals surface area contributed by atoms with Gasteiger partial charge in [0.1, 0.15) is 43.2 Å². The van der Waals surface area contributed by atoms with Crippen LogP contribution in [0.3, 0.4) is 0 Å². The van der Waals surface area contributed by atoms with E-state index in [0.29, 0.717) is 12.8 Å². The lowest BCUT2D eigenvalue weighted by Gasteiger charge is -2.43. The van der Waals surface area contributed by atoms with Gasteiger partial charge in [0, 0.05) is 19.3 Å². The van der Waals surface area contributed by atoms with Crippen molar-refractivity contribution >= 4 is 33.4 Å². The third-order valence-electron chi connectivity index (χ3n) is 10.6. The number of hydrogen-bond donors (Lipinski definition) is 7. The second-order valence-electron chi connectivity index (χ2n) is 16.9. The normalized spacial score (nSPS) is 21.7. The summed E-state index contributed by atoms with van der Waals surface area (Å²) in [6.45, 7) is 2.82. The molecule has 1 aliphatic carbocycles. The molecule has 0 amide bonds. The molecule has 70 heavy (non-hydrogen) atoms. The maximum Gasteiger partial charge on any atom is 0.472 e. The highest BCUT2D eigenvalue weighted by atomic mass is 31.2. The molecule has 17 nitrogen and oxygen atoms in total. The average Bonchev–Trinajstić information content (AvgIpc) is 3.31. The average molecular weight is 1030 g/mol. The maximum absolute atomic E-state index is 13.0. The van der Waals surface area contributed by atoms with E-state index in [1.54, 1.807) is 12.2 Å². The Morgan fingerprint density at radius 2 is 0.971 bits per heavy atom. The smallest absolute Gasteiger partial charge is 0.462 e. The highest BCUT2D eigenvalue weighted by molar-refractivity contribution is 7.47. The number of carbonyl (C=O) groups excluding carboxylic acids is 3. The molecule has 0 bridgehead atoms. The molecule has 1 aliphatic rings. The van der Waals surface area contributed by atoms with Crippen molar-refractivity contribution in [2.45, 2.75) is 191 Å². The van der Waals surface area contributed by atoms with Gasteiger partial charge >= 0.3 is 27.6 Å². The highest BCUT2D eigenvalue weighted by Crippen LogP contribution is 2.49. The first-order chi connectivity index (χ1) is 33.5. The van der Waals surface area contributed by atoms with Crippen LogP contribution in [0.15, 0.2) is 97.2 Å². The molecule has 5 unspecified atom stereocenters. The number of allylic oxidation sites excluding steroid dienone is 16. The lowest BCUT2D eigenvalue weighted by Crippen LogP contribution is -2.64. The van der Waals surface area contributed by atoms with Crippen LogP contribution in [0.2, 0.25) is 0 Å². The Labute approximate surface area is 415 Å². The van der Waals surface area contributed by atoms with Crippen LogP contribution in [0.5, 0.6) is 0 Å². The zero-order valence-corrected chi connectivity index (χ0v) is 42.9. The SMILES string of the molecule is CCCCC/C=C\C/C=C\C/C=C\C=C\C(=O)CCCC(=O)O[C@H](COC(=O)CCCCC/C=C\C/C=C\C/C=C\C/C=C\CCCCC)COP(=O)(O)O[C@H]1C(O)C(O)C(O)[C@@H](OP(=O)(O)O)C1O. The molecule has 0 radical (unpaired) electrons. The standard InChI is InChI=1S/C51H82O17P2/c1-3-5-7-9-11-13-15-17-18-19-20-21-22-24-26-28-30-32-34-38-44(53)64-40-43(41-65-70(62,63)68-51-48(57)46(55)47(56)50(49(51)58)67-69(59,60)61)66-45(54)39-35-37-42(52)36-33-31-29-27-25-23-16-14-12-10-8-6-4-2/h11-14,17-18,20-21,23-26,29,31,33,36,43,46-51,55-58H,3-10,15-16,19,22,27-28,30,32,34-35,37-41H2,1-2H3,(H,62,63)(H2,59,60,61)/b13-11-,14-12-,18-17-,21-20-,25-23-,26-24-,31-29-,36-33+/t43-,46?,47?,48?,49?,50-,51+/m1/s1. The van der Waals surface area contributed by atoms with Gasteiger partial charge in [-0.2, -0.15) is 0 Å². The predicted molar refractivity (Wildman–Crippen MR) is 269 cm³/mol. The third-order valence-corrected chi connectivity index (χ3v) is 12.1. The molecular weight excluding hydrogens is 946 g/mol. The van der Waals surface area contributed by atoms with Crippen LogP contribution < -0.4 is 0 Å². The molecule has 0 aliphatic heterocycles. The lowest BCUT2D eigenvalue weighted by molar-refractivity contribution is -0.216. The molecular formula is C51H82O17P2. The Kier molecular flexibility index (Phi) is 37.0. The van der Waals surface area contributed by atoms with Crippen molar-refractivity contribution in [1.29, 1.82) is 0 Å². The van der Waals surface area contributed by atoms with E-state index in [1.165, 1.54) is 44.6 Å². The molecule has 0 aromatic carbocycles. The molecule has 0 aromatic rings. The Hall–Kier alpha value is -3.41. The van der Waals surface area contributed by atoms with Crippen LogP contribution in [-0.4, -0.2) is 109 Å². The molecule has 8 atom stereocenters. The molecule has 7 N–H and O–H groups in total. The molecule has 398 valence electrons. The van der Waals surface area contributed by atoms with Gasteiger partial charge in [-0.15, -0.1) is 0 Å². The fourth-order valence-corrected chi connectivity index (χ4v) is 8.26. The Morgan fingerprint density at radius 1 is 0.500 bits per heavy atom. The quantitative estimate of drug-likeness (QED) is 0.00752. The molecule has 1 fully saturated rings. The summed E-state index contributed by atoms with van der Waals surface area (Å²) < 4.78 is 49.2. The van der Waals surface area contributed by atoms with Crippen molar-refractivity contribution in [3.8, 4) is 0 Å². The number of aliphatic hydroxyl groups excluding tert-OH is 4. The van der Waals surface area contributed by atoms with Crippen molar-refractivity contribution in [2.75, 3.05) is 13.2 Å². The number of aliphatic hydroxyl groups is 4. The van der Waals surface area contributed by atoms with Crippen molar-refractivity contribution in [3.05, 3.63) is 97.2 Å². The summed E-state index contributed by atoms with van der Waals surface area (Å²) in [6.07, 6.45) is 33.6. The first-order valence-electron chi connectivity index (χ1n) is 24.7. The third kappa shape index (κ3) is 34.0. The predicted octanol–water partition coefficient (Wildman–Crippen LogP) is 9.13. The van der Waals surface area contributed by atoms with Crippen molar-refractivity contribution in [3.63, 3.8) is 0 Å². The van der Waals surface area contributed by atoms with E-state index in [2.05, 4.69) is 85.2 Å². The molecule has 1 rings (SSSR count). The summed E-state index contributed by atoms with van der Waals surface area (Å²) >= 11 is 0. The molecule has 0 aromatic heterocycles. The summed E-state index contributed by atoms with van der Waals surface area (Å²) in [6, 6.07) is 0. The molecule has 0 heterocycles. The van der Waals surface area contributed by atoms with Gasteiger partial charge in [0.2, 0.25) is 0 Å². The van der Waals surface area contributed by atoms with E-state index in [4.69, 9.17) is 18.5 Å². The Morgan fingerprint density at radius 3 is 1.49 bits per heavy atom. The number of phosphoric acid groups is 2. The summed E-state index contributed by atoms with van der Waals surface area (Å²) in [5.41, 5.74) is 0. The van der Waals surface area contributed by atoms with Crippen LogP contribution in [0, 0.1) is 0 Å². The van der Waals surface area contributed by atoms with Crippen LogP contribution in [0.4, 0.5) is 0 Å². The monoisotopic (exact) mass is 1030 g/mol. The van der Waals surface area contributed by atoms with Gasteiger partial charge in [-0.25, -0.2) is 9.13 Å². The highest BCUT2D eigenvalue weighted by Gasteiger charge is 2.54. The van der Waals surface area contributed by atoms with Crippen molar-refractivity contribution in [1.82, 2.24) is 0 Å². The van der Waals surface area contributed by atoms with Gasteiger partial charge in [-0.1, -0.05) is 137 Å². The maximum atomic E-state index is 13.0. The summed E-state index contributed by atoms with van der Waals surface area (Å²) in [5, 5.41) is 41.3. The van der Waals surface area contributed by atoms with Crippen molar-refractivity contribution < 1.29 is 81.7 Å². The van der Waals surface area contributed by atoms with E-state index >= 15 is 0 Å². The minimum absolute atomic E-state index is 0.00149. The Balaban J connectivity index is 2.69. The molecule has 0 saturated heterocycles. The van der Waals surface area contributed by atoms with E-state index in [9.17, 15) is 58.6 Å². The van der Waals surface area contributed by atoms with Gasteiger partial charge in [0.15, 0.2) is 11.9 Å². The number of unbranched alkanes of at least 4 members (excludes halogenated alkanes) is 9. The van der Waals surface area contributed by atoms with Gasteiger partial charge in [0.05, 0.1) is 6.61 Å². The van der Waals surface area contributed by atoms with E-state index < -0.39 is 83.5 Å². The zero-order chi connectivity index (χ0) is 51.9. The first-order valence-corrected chi connectivity index (χ1v) is 27.8. The molecule has 1 saturated carbocycles. The van der Waals surface area contributed by atoms with E-state index in [-0.39, 0.29) is 31.5 Å². The topological polar surface area (TPSA) is 273 Å². The molecule has 19 heteroatoms. The van der Waals surface area contributed by atoms with Crippen LogP contribution in [0.25, 0.3) is 0 Å². The minimum Gasteiger partial charge on any atom is -0.462 e. The summed E-state index contributed by atoms with van der Waals surface area (Å²) in [4.78, 5) is 66.7. The number of ketones is 1. The number of hydrogen-bond acceptors (Lipinski definition) is 14. The largest absolute Gasteiger partial charge is 0.472 e. The number of carbonyl (C=O) groups is 3. The van der Waals surface area contributed by atoms with Crippen LogP contribution in [0.1, 0.15) is 149 Å². The van der Waals surface area contributed by atoms with E-state index in [1.807, 2.05) is 12.2 Å². The minimum atomic E-state index is -5.40. The number of ether oxygens (including phenoxy) is 2. The zero-order valence-electron chi connectivity index (χ0n) is 41.1. The Bertz CT molecular complexity index is 1780. The van der Waals surface area contributed by atoms with Crippen LogP contribution in [-0.2, 0) is 46.6 Å². The lowest BCUT2D eigenvalue weighted by atomic mass is 9.85. The van der Waals surface area contributed by atoms with Gasteiger partial charge in [0.25, 0.3) is 0 Å². The number of rotatable bonds is 40. The second kappa shape index (κ2) is 40.1. The summed E-state index contributed by atoms with van der Waals surface area (Å²) in [5.74, 6) is -1.75. The van der Waals surface area contributed by atoms with E-state index in [0.717, 1.165) is 57.8 Å². The van der Waals surface area contributed by atoms with Gasteiger partial charge < -0.3 is 44.6 Å².